The van der Waals surface area contributed by atoms with E-state index in [1.54, 1.807) is 6.20 Å². The fourth-order valence-corrected chi connectivity index (χ4v) is 4.35. The summed E-state index contributed by atoms with van der Waals surface area (Å²) >= 11 is 6.66. The Morgan fingerprint density at radius 3 is 2.88 bits per heavy atom. The second-order valence-corrected chi connectivity index (χ2v) is 8.42. The molecule has 1 aliphatic rings. The lowest BCUT2D eigenvalue weighted by Gasteiger charge is -2.18. The summed E-state index contributed by atoms with van der Waals surface area (Å²) in [6.07, 6.45) is 5.42. The molecule has 0 aromatic carbocycles. The first-order valence-corrected chi connectivity index (χ1v) is 11.6. The number of halogens is 1. The quantitative estimate of drug-likeness (QED) is 0.300. The van der Waals surface area contributed by atoms with Crippen LogP contribution in [0.3, 0.4) is 0 Å². The zero-order chi connectivity index (χ0) is 22.5. The van der Waals surface area contributed by atoms with Crippen LogP contribution in [0.15, 0.2) is 22.7 Å². The molecule has 3 N–H and O–H groups in total. The van der Waals surface area contributed by atoms with Crippen molar-refractivity contribution in [1.82, 2.24) is 15.0 Å². The van der Waals surface area contributed by atoms with Crippen molar-refractivity contribution < 1.29 is 14.3 Å². The summed E-state index contributed by atoms with van der Waals surface area (Å²) in [5.41, 5.74) is 2.32. The molecule has 0 radical (unpaired) electrons. The minimum absolute atomic E-state index is 0.200. The van der Waals surface area contributed by atoms with Crippen LogP contribution in [0.25, 0.3) is 22.3 Å². The van der Waals surface area contributed by atoms with Crippen LogP contribution in [0, 0.1) is 5.92 Å². The maximum absolute atomic E-state index is 9.52. The van der Waals surface area contributed by atoms with Crippen LogP contribution in [-0.4, -0.2) is 52.5 Å². The minimum atomic E-state index is 0.200. The number of aliphatic hydroxyl groups excluding tert-OH is 1. The van der Waals surface area contributed by atoms with Gasteiger partial charge in [0, 0.05) is 36.9 Å². The molecule has 32 heavy (non-hydrogen) atoms. The molecule has 9 heteroatoms. The van der Waals surface area contributed by atoms with E-state index in [9.17, 15) is 5.11 Å². The van der Waals surface area contributed by atoms with Crippen molar-refractivity contribution in [3.05, 3.63) is 29.2 Å². The van der Waals surface area contributed by atoms with E-state index in [1.807, 2.05) is 19.1 Å². The molecular weight excluding hydrogens is 430 g/mol. The molecule has 3 heterocycles. The van der Waals surface area contributed by atoms with E-state index >= 15 is 0 Å². The fourth-order valence-electron chi connectivity index (χ4n) is 4.09. The number of nitrogens with one attached hydrogen (secondary N) is 2. The molecule has 2 atom stereocenters. The molecule has 0 bridgehead atoms. The Balaban J connectivity index is 1.67. The molecule has 1 aliphatic carbocycles. The van der Waals surface area contributed by atoms with Crippen molar-refractivity contribution in [2.75, 3.05) is 37.0 Å². The molecule has 1 fully saturated rings. The van der Waals surface area contributed by atoms with E-state index in [4.69, 9.17) is 25.7 Å². The summed E-state index contributed by atoms with van der Waals surface area (Å²) in [5.74, 6) is 1.96. The lowest BCUT2D eigenvalue weighted by molar-refractivity contribution is 0.158. The second-order valence-electron chi connectivity index (χ2n) is 8.07. The SMILES string of the molecule is CCOCCNc1nc(Cl)c(-c2cc3cc(CC)ncc3o2)c(N[C@H]2CC[C@@H](CO)C2)n1. The third-order valence-electron chi connectivity index (χ3n) is 5.81. The van der Waals surface area contributed by atoms with Gasteiger partial charge in [-0.1, -0.05) is 18.5 Å². The first kappa shape index (κ1) is 22.8. The predicted octanol–water partition coefficient (Wildman–Crippen LogP) is 4.52. The van der Waals surface area contributed by atoms with Crippen LogP contribution in [0.1, 0.15) is 38.8 Å². The number of aryl methyl sites for hydroxylation is 1. The summed E-state index contributed by atoms with van der Waals surface area (Å²) in [4.78, 5) is 13.6. The van der Waals surface area contributed by atoms with Gasteiger partial charge in [-0.25, -0.2) is 4.98 Å². The molecule has 0 saturated heterocycles. The van der Waals surface area contributed by atoms with E-state index in [1.165, 1.54) is 0 Å². The van der Waals surface area contributed by atoms with Gasteiger partial charge in [0.05, 0.1) is 18.4 Å². The van der Waals surface area contributed by atoms with Crippen molar-refractivity contribution in [2.24, 2.45) is 5.92 Å². The molecule has 0 spiro atoms. The molecule has 8 nitrogen and oxygen atoms in total. The number of ether oxygens (including phenoxy) is 1. The van der Waals surface area contributed by atoms with Crippen molar-refractivity contribution in [2.45, 2.75) is 45.6 Å². The Morgan fingerprint density at radius 1 is 1.25 bits per heavy atom. The average Bonchev–Trinajstić information content (AvgIpc) is 3.42. The van der Waals surface area contributed by atoms with Gasteiger partial charge in [-0.2, -0.15) is 4.98 Å². The van der Waals surface area contributed by atoms with E-state index in [0.717, 1.165) is 36.8 Å². The Labute approximate surface area is 192 Å². The summed E-state index contributed by atoms with van der Waals surface area (Å²) in [6, 6.07) is 4.18. The molecule has 172 valence electrons. The minimum Gasteiger partial charge on any atom is -0.454 e. The highest BCUT2D eigenvalue weighted by atomic mass is 35.5. The van der Waals surface area contributed by atoms with Crippen LogP contribution in [-0.2, 0) is 11.2 Å². The molecule has 0 unspecified atom stereocenters. The first-order chi connectivity index (χ1) is 15.6. The van der Waals surface area contributed by atoms with Gasteiger partial charge < -0.3 is 24.9 Å². The Bertz CT molecular complexity index is 1060. The number of hydrogen-bond donors (Lipinski definition) is 3. The first-order valence-electron chi connectivity index (χ1n) is 11.3. The normalized spacial score (nSPS) is 18.4. The van der Waals surface area contributed by atoms with Crippen molar-refractivity contribution in [1.29, 1.82) is 0 Å². The number of furan rings is 1. The monoisotopic (exact) mass is 459 g/mol. The van der Waals surface area contributed by atoms with Gasteiger partial charge in [0.25, 0.3) is 0 Å². The highest BCUT2D eigenvalue weighted by molar-refractivity contribution is 6.32. The zero-order valence-electron chi connectivity index (χ0n) is 18.5. The standard InChI is InChI=1S/C23H30ClN5O3/c1-3-16-10-15-11-18(32-19(15)12-26-16)20-21(24)28-23(25-7-8-31-4-2)29-22(20)27-17-6-5-14(9-17)13-30/h10-12,14,17,30H,3-9,13H2,1-2H3,(H2,25,27,28,29)/t14-,17+/m1/s1. The topological polar surface area (TPSA) is 105 Å². The van der Waals surface area contributed by atoms with E-state index < -0.39 is 0 Å². The number of fused-ring (bicyclic) bond motifs is 1. The molecule has 0 aliphatic heterocycles. The third-order valence-corrected chi connectivity index (χ3v) is 6.08. The van der Waals surface area contributed by atoms with Crippen LogP contribution in [0.2, 0.25) is 5.15 Å². The number of hydrogen-bond acceptors (Lipinski definition) is 8. The fraction of sp³-hybridized carbons (Fsp3) is 0.522. The number of rotatable bonds is 10. The lowest BCUT2D eigenvalue weighted by Crippen LogP contribution is -2.19. The van der Waals surface area contributed by atoms with E-state index in [0.29, 0.717) is 59.5 Å². The maximum atomic E-state index is 9.52. The van der Waals surface area contributed by atoms with Gasteiger partial charge in [0.2, 0.25) is 5.95 Å². The molecule has 0 amide bonds. The molecule has 1 saturated carbocycles. The summed E-state index contributed by atoms with van der Waals surface area (Å²) in [5, 5.41) is 17.5. The van der Waals surface area contributed by atoms with Crippen molar-refractivity contribution in [3.63, 3.8) is 0 Å². The van der Waals surface area contributed by atoms with Gasteiger partial charge in [0.15, 0.2) is 5.58 Å². The van der Waals surface area contributed by atoms with Gasteiger partial charge in [-0.15, -0.1) is 0 Å². The largest absolute Gasteiger partial charge is 0.454 e. The van der Waals surface area contributed by atoms with E-state index in [2.05, 4.69) is 27.5 Å². The van der Waals surface area contributed by atoms with Crippen molar-refractivity contribution >= 4 is 34.3 Å². The molecular formula is C23H30ClN5O3. The second kappa shape index (κ2) is 10.5. The van der Waals surface area contributed by atoms with Crippen LogP contribution < -0.4 is 10.6 Å². The van der Waals surface area contributed by atoms with Crippen LogP contribution >= 0.6 is 11.6 Å². The third kappa shape index (κ3) is 5.14. The number of pyridine rings is 1. The predicted molar refractivity (Wildman–Crippen MR) is 126 cm³/mol. The summed E-state index contributed by atoms with van der Waals surface area (Å²) < 4.78 is 11.5. The number of aromatic nitrogens is 3. The molecule has 4 rings (SSSR count). The molecule has 3 aromatic heterocycles. The van der Waals surface area contributed by atoms with Crippen molar-refractivity contribution in [3.8, 4) is 11.3 Å². The van der Waals surface area contributed by atoms with Gasteiger partial charge in [-0.05, 0) is 50.7 Å². The average molecular weight is 460 g/mol. The smallest absolute Gasteiger partial charge is 0.226 e. The maximum Gasteiger partial charge on any atom is 0.226 e. The highest BCUT2D eigenvalue weighted by Crippen LogP contribution is 2.38. The Kier molecular flexibility index (Phi) is 7.44. The van der Waals surface area contributed by atoms with Gasteiger partial charge in [-0.3, -0.25) is 4.98 Å². The Hall–Kier alpha value is -2.42. The van der Waals surface area contributed by atoms with Gasteiger partial charge >= 0.3 is 0 Å². The Morgan fingerprint density at radius 2 is 2.12 bits per heavy atom. The van der Waals surface area contributed by atoms with Crippen LogP contribution in [0.5, 0.6) is 0 Å². The number of aliphatic hydroxyl groups is 1. The number of anilines is 2. The van der Waals surface area contributed by atoms with Crippen LogP contribution in [0.4, 0.5) is 11.8 Å². The summed E-state index contributed by atoms with van der Waals surface area (Å²) in [7, 11) is 0. The molecule has 3 aromatic rings. The summed E-state index contributed by atoms with van der Waals surface area (Å²) in [6.45, 7) is 6.02. The van der Waals surface area contributed by atoms with Gasteiger partial charge in [0.1, 0.15) is 16.7 Å². The lowest BCUT2D eigenvalue weighted by atomic mass is 10.1. The highest BCUT2D eigenvalue weighted by Gasteiger charge is 2.27. The zero-order valence-corrected chi connectivity index (χ0v) is 19.3. The number of nitrogens with zero attached hydrogens (tertiary/aromatic N) is 3. The van der Waals surface area contributed by atoms with E-state index in [-0.39, 0.29) is 12.6 Å².